The molecule has 0 amide bonds. The minimum atomic E-state index is -0.102. The third kappa shape index (κ3) is 1.59. The van der Waals surface area contributed by atoms with E-state index in [0.717, 1.165) is 16.5 Å². The van der Waals surface area contributed by atoms with Gasteiger partial charge in [0.15, 0.2) is 0 Å². The summed E-state index contributed by atoms with van der Waals surface area (Å²) in [5.41, 5.74) is 3.48. The fourth-order valence-electron chi connectivity index (χ4n) is 2.78. The summed E-state index contributed by atoms with van der Waals surface area (Å²) in [6.45, 7) is 0. The van der Waals surface area contributed by atoms with E-state index in [4.69, 9.17) is 16.3 Å². The van der Waals surface area contributed by atoms with Crippen molar-refractivity contribution in [3.05, 3.63) is 52.8 Å². The minimum absolute atomic E-state index is 0.102. The molecule has 0 unspecified atom stereocenters. The number of fused-ring (bicyclic) bond motifs is 5. The number of hydrogen-bond acceptors (Lipinski definition) is 4. The molecule has 21 heavy (non-hydrogen) atoms. The van der Waals surface area contributed by atoms with Crippen LogP contribution in [-0.4, -0.2) is 22.9 Å². The normalized spacial score (nSPS) is 12.4. The van der Waals surface area contributed by atoms with E-state index in [9.17, 15) is 4.79 Å². The van der Waals surface area contributed by atoms with Gasteiger partial charge in [0.25, 0.3) is 0 Å². The maximum Gasteiger partial charge on any atom is 0.225 e. The smallest absolute Gasteiger partial charge is 0.225 e. The number of rotatable bonds is 1. The number of carbonyl (C=O) groups is 1. The second-order valence-corrected chi connectivity index (χ2v) is 5.22. The Kier molecular flexibility index (Phi) is 2.50. The summed E-state index contributed by atoms with van der Waals surface area (Å²) in [6.07, 6.45) is 3.26. The average molecular weight is 297 g/mol. The van der Waals surface area contributed by atoms with Crippen LogP contribution in [0.3, 0.4) is 0 Å². The van der Waals surface area contributed by atoms with Crippen LogP contribution in [0.1, 0.15) is 15.9 Å². The van der Waals surface area contributed by atoms with Crippen LogP contribution in [0.2, 0.25) is 5.02 Å². The molecule has 2 aromatic heterocycles. The van der Waals surface area contributed by atoms with E-state index < -0.39 is 0 Å². The molecule has 5 heteroatoms. The lowest BCUT2D eigenvalue weighted by molar-refractivity contribution is 0.104. The molecule has 4 nitrogen and oxygen atoms in total. The predicted octanol–water partition coefficient (Wildman–Crippen LogP) is 3.50. The number of hydrogen-bond donors (Lipinski definition) is 0. The Morgan fingerprint density at radius 3 is 2.81 bits per heavy atom. The van der Waals surface area contributed by atoms with Crippen LogP contribution in [-0.2, 0) is 0 Å². The molecule has 0 spiro atoms. The maximum atomic E-state index is 12.6. The van der Waals surface area contributed by atoms with Gasteiger partial charge in [0.1, 0.15) is 0 Å². The highest BCUT2D eigenvalue weighted by molar-refractivity contribution is 6.32. The van der Waals surface area contributed by atoms with Crippen molar-refractivity contribution in [3.63, 3.8) is 0 Å². The zero-order valence-corrected chi connectivity index (χ0v) is 11.8. The number of aromatic nitrogens is 2. The van der Waals surface area contributed by atoms with Gasteiger partial charge in [-0.25, -0.2) is 4.98 Å². The Balaban J connectivity index is 2.21. The van der Waals surface area contributed by atoms with Crippen LogP contribution >= 0.6 is 11.6 Å². The van der Waals surface area contributed by atoms with E-state index in [1.54, 1.807) is 24.5 Å². The lowest BCUT2D eigenvalue weighted by atomic mass is 10.0. The third-order valence-electron chi connectivity index (χ3n) is 3.67. The summed E-state index contributed by atoms with van der Waals surface area (Å²) in [4.78, 5) is 21.0. The Morgan fingerprint density at radius 1 is 1.14 bits per heavy atom. The third-order valence-corrected chi connectivity index (χ3v) is 3.91. The highest BCUT2D eigenvalue weighted by Gasteiger charge is 2.33. The van der Waals surface area contributed by atoms with Crippen molar-refractivity contribution in [2.75, 3.05) is 7.11 Å². The Hall–Kier alpha value is -2.46. The van der Waals surface area contributed by atoms with E-state index in [2.05, 4.69) is 9.97 Å². The highest BCUT2D eigenvalue weighted by Crippen LogP contribution is 2.44. The molecule has 0 saturated heterocycles. The Bertz CT molecular complexity index is 922. The van der Waals surface area contributed by atoms with E-state index in [-0.39, 0.29) is 5.78 Å². The Morgan fingerprint density at radius 2 is 2.00 bits per heavy atom. The molecule has 0 saturated carbocycles. The zero-order chi connectivity index (χ0) is 14.6. The van der Waals surface area contributed by atoms with Crippen molar-refractivity contribution in [2.45, 2.75) is 0 Å². The molecule has 0 fully saturated rings. The van der Waals surface area contributed by atoms with Crippen LogP contribution in [0.4, 0.5) is 0 Å². The SMILES string of the molecule is COc1nc2cc(Cl)ccc2c2c1C(=O)c1cnccc1-2. The number of ether oxygens (including phenoxy) is 1. The van der Waals surface area contributed by atoms with Crippen LogP contribution < -0.4 is 4.74 Å². The van der Waals surface area contributed by atoms with Crippen LogP contribution in [0.15, 0.2) is 36.7 Å². The second-order valence-electron chi connectivity index (χ2n) is 4.78. The molecule has 1 aliphatic carbocycles. The Labute approximate surface area is 125 Å². The van der Waals surface area contributed by atoms with Crippen molar-refractivity contribution in [3.8, 4) is 17.0 Å². The van der Waals surface area contributed by atoms with Crippen LogP contribution in [0, 0.1) is 0 Å². The van der Waals surface area contributed by atoms with Crippen LogP contribution in [0.25, 0.3) is 22.0 Å². The monoisotopic (exact) mass is 296 g/mol. The molecule has 3 aromatic rings. The predicted molar refractivity (Wildman–Crippen MR) is 80.0 cm³/mol. The van der Waals surface area contributed by atoms with E-state index >= 15 is 0 Å². The molecule has 1 aliphatic rings. The van der Waals surface area contributed by atoms with E-state index in [0.29, 0.717) is 27.5 Å². The lowest BCUT2D eigenvalue weighted by Gasteiger charge is -2.09. The molecule has 0 atom stereocenters. The van der Waals surface area contributed by atoms with Gasteiger partial charge in [-0.05, 0) is 23.8 Å². The molecule has 1 aromatic carbocycles. The first-order valence-electron chi connectivity index (χ1n) is 6.37. The standard InChI is InChI=1S/C16H9ClN2O2/c1-21-16-14-13(9-4-5-18-7-11(9)15(14)20)10-3-2-8(17)6-12(10)19-16/h2-7H,1H3. The fourth-order valence-corrected chi connectivity index (χ4v) is 2.95. The maximum absolute atomic E-state index is 12.6. The minimum Gasteiger partial charge on any atom is -0.480 e. The molecule has 0 aliphatic heterocycles. The van der Waals surface area contributed by atoms with Gasteiger partial charge in [-0.2, -0.15) is 0 Å². The molecule has 0 radical (unpaired) electrons. The van der Waals surface area contributed by atoms with Gasteiger partial charge in [0.2, 0.25) is 11.7 Å². The van der Waals surface area contributed by atoms with Gasteiger partial charge in [-0.1, -0.05) is 17.7 Å². The number of pyridine rings is 2. The highest BCUT2D eigenvalue weighted by atomic mass is 35.5. The van der Waals surface area contributed by atoms with E-state index in [1.807, 2.05) is 12.1 Å². The summed E-state index contributed by atoms with van der Waals surface area (Å²) in [7, 11) is 1.51. The van der Waals surface area contributed by atoms with Crippen LogP contribution in [0.5, 0.6) is 5.88 Å². The topological polar surface area (TPSA) is 52.1 Å². The molecular formula is C16H9ClN2O2. The zero-order valence-electron chi connectivity index (χ0n) is 11.1. The first kappa shape index (κ1) is 12.3. The number of nitrogens with zero attached hydrogens (tertiary/aromatic N) is 2. The number of halogens is 1. The summed E-state index contributed by atoms with van der Waals surface area (Å²) in [5, 5.41) is 1.48. The van der Waals surface area contributed by atoms with Crippen molar-refractivity contribution >= 4 is 28.3 Å². The van der Waals surface area contributed by atoms with Gasteiger partial charge in [0, 0.05) is 33.9 Å². The lowest BCUT2D eigenvalue weighted by Crippen LogP contribution is -2.01. The quantitative estimate of drug-likeness (QED) is 0.539. The molecule has 102 valence electrons. The molecule has 4 rings (SSSR count). The van der Waals surface area contributed by atoms with Gasteiger partial charge >= 0.3 is 0 Å². The van der Waals surface area contributed by atoms with Crippen molar-refractivity contribution in [1.82, 2.24) is 9.97 Å². The van der Waals surface area contributed by atoms with Crippen molar-refractivity contribution < 1.29 is 9.53 Å². The summed E-state index contributed by atoms with van der Waals surface area (Å²) >= 11 is 6.04. The molecule has 2 heterocycles. The van der Waals surface area contributed by atoms with Gasteiger partial charge in [-0.15, -0.1) is 0 Å². The van der Waals surface area contributed by atoms with Gasteiger partial charge < -0.3 is 4.74 Å². The first-order valence-corrected chi connectivity index (χ1v) is 6.75. The molecule has 0 bridgehead atoms. The molecule has 0 N–H and O–H groups in total. The number of methoxy groups -OCH3 is 1. The average Bonchev–Trinajstić information content (AvgIpc) is 2.80. The van der Waals surface area contributed by atoms with Crippen molar-refractivity contribution in [1.29, 1.82) is 0 Å². The number of carbonyl (C=O) groups excluding carboxylic acids is 1. The van der Waals surface area contributed by atoms with Gasteiger partial charge in [-0.3, -0.25) is 9.78 Å². The summed E-state index contributed by atoms with van der Waals surface area (Å²) in [5.74, 6) is 0.218. The molecular weight excluding hydrogens is 288 g/mol. The van der Waals surface area contributed by atoms with E-state index in [1.165, 1.54) is 7.11 Å². The first-order chi connectivity index (χ1) is 10.2. The van der Waals surface area contributed by atoms with Gasteiger partial charge in [0.05, 0.1) is 18.2 Å². The second kappa shape index (κ2) is 4.27. The summed E-state index contributed by atoms with van der Waals surface area (Å²) < 4.78 is 5.31. The summed E-state index contributed by atoms with van der Waals surface area (Å²) in [6, 6.07) is 7.28. The van der Waals surface area contributed by atoms with Crippen molar-refractivity contribution in [2.24, 2.45) is 0 Å². The number of benzene rings is 1. The fraction of sp³-hybridized carbons (Fsp3) is 0.0625. The largest absolute Gasteiger partial charge is 0.480 e. The number of ketones is 1.